The third-order valence-electron chi connectivity index (χ3n) is 5.46. The summed E-state index contributed by atoms with van der Waals surface area (Å²) in [6.45, 7) is 3.44. The van der Waals surface area contributed by atoms with Crippen LogP contribution in [0.2, 0.25) is 0 Å². The molecule has 4 atom stereocenters. The van der Waals surface area contributed by atoms with Crippen LogP contribution < -0.4 is 10.5 Å². The van der Waals surface area contributed by atoms with Gasteiger partial charge in [0.05, 0.1) is 0 Å². The summed E-state index contributed by atoms with van der Waals surface area (Å²) in [5, 5.41) is 0. The largest absolute Gasteiger partial charge is 0.488 e. The number of halogens is 1. The van der Waals surface area contributed by atoms with E-state index < -0.39 is 0 Å². The number of benzene rings is 1. The van der Waals surface area contributed by atoms with E-state index in [0.717, 1.165) is 35.0 Å². The second-order valence-electron chi connectivity index (χ2n) is 6.93. The normalized spacial score (nSPS) is 35.3. The highest BCUT2D eigenvalue weighted by atomic mass is 79.9. The number of ether oxygens (including phenoxy) is 1. The average molecular weight is 351 g/mol. The number of likely N-dealkylation sites (tertiary alicyclic amines) is 1. The SMILES string of the molecule is NC1CCCC2CN(CC3Cc4cc(Br)ccc4O3)CC12. The first-order valence-corrected chi connectivity index (χ1v) is 8.91. The summed E-state index contributed by atoms with van der Waals surface area (Å²) in [5.41, 5.74) is 7.65. The Balaban J connectivity index is 1.38. The zero-order valence-electron chi connectivity index (χ0n) is 12.3. The molecule has 2 heterocycles. The van der Waals surface area contributed by atoms with Gasteiger partial charge in [-0.25, -0.2) is 0 Å². The van der Waals surface area contributed by atoms with Crippen molar-refractivity contribution in [3.05, 3.63) is 28.2 Å². The maximum absolute atomic E-state index is 6.31. The van der Waals surface area contributed by atoms with Crippen LogP contribution in [0, 0.1) is 11.8 Å². The second-order valence-corrected chi connectivity index (χ2v) is 7.85. The van der Waals surface area contributed by atoms with Crippen LogP contribution in [0.5, 0.6) is 5.75 Å². The predicted molar refractivity (Wildman–Crippen MR) is 87.5 cm³/mol. The van der Waals surface area contributed by atoms with Crippen molar-refractivity contribution in [1.29, 1.82) is 0 Å². The van der Waals surface area contributed by atoms with Crippen molar-refractivity contribution in [3.8, 4) is 5.75 Å². The van der Waals surface area contributed by atoms with E-state index in [1.54, 1.807) is 0 Å². The molecule has 0 radical (unpaired) electrons. The number of fused-ring (bicyclic) bond motifs is 2. The van der Waals surface area contributed by atoms with Gasteiger partial charge < -0.3 is 10.5 Å². The Bertz CT molecular complexity index is 536. The number of rotatable bonds is 2. The maximum Gasteiger partial charge on any atom is 0.123 e. The van der Waals surface area contributed by atoms with Crippen LogP contribution in [-0.4, -0.2) is 36.7 Å². The second kappa shape index (κ2) is 5.56. The van der Waals surface area contributed by atoms with Gasteiger partial charge in [-0.15, -0.1) is 0 Å². The van der Waals surface area contributed by atoms with Crippen molar-refractivity contribution >= 4 is 15.9 Å². The fourth-order valence-electron chi connectivity index (χ4n) is 4.44. The molecule has 4 rings (SSSR count). The fourth-order valence-corrected chi connectivity index (χ4v) is 4.85. The Labute approximate surface area is 135 Å². The first-order valence-electron chi connectivity index (χ1n) is 8.12. The summed E-state index contributed by atoms with van der Waals surface area (Å²) in [6, 6.07) is 6.75. The van der Waals surface area contributed by atoms with Crippen LogP contribution >= 0.6 is 15.9 Å². The minimum absolute atomic E-state index is 0.311. The smallest absolute Gasteiger partial charge is 0.123 e. The average Bonchev–Trinajstić information content (AvgIpc) is 3.02. The number of nitrogens with zero attached hydrogens (tertiary/aromatic N) is 1. The molecule has 2 fully saturated rings. The van der Waals surface area contributed by atoms with Crippen molar-refractivity contribution in [2.24, 2.45) is 17.6 Å². The summed E-state index contributed by atoms with van der Waals surface area (Å²) in [7, 11) is 0. The van der Waals surface area contributed by atoms with Gasteiger partial charge in [0, 0.05) is 36.6 Å². The molecule has 0 aromatic heterocycles. The third-order valence-corrected chi connectivity index (χ3v) is 5.95. The molecule has 0 spiro atoms. The minimum atomic E-state index is 0.311. The molecule has 4 heteroatoms. The maximum atomic E-state index is 6.31. The standard InChI is InChI=1S/C17H23BrN2O/c18-13-4-5-17-12(6-13)7-14(21-17)9-20-8-11-2-1-3-16(19)15(11)10-20/h4-6,11,14-16H,1-3,7-10,19H2. The van der Waals surface area contributed by atoms with Crippen LogP contribution in [0.3, 0.4) is 0 Å². The molecule has 114 valence electrons. The van der Waals surface area contributed by atoms with E-state index in [2.05, 4.69) is 39.0 Å². The Hall–Kier alpha value is -0.580. The molecule has 1 saturated heterocycles. The molecule has 0 amide bonds. The Morgan fingerprint density at radius 2 is 2.19 bits per heavy atom. The summed E-state index contributed by atoms with van der Waals surface area (Å²) in [5.74, 6) is 2.61. The van der Waals surface area contributed by atoms with E-state index in [-0.39, 0.29) is 0 Å². The predicted octanol–water partition coefficient (Wildman–Crippen LogP) is 2.81. The molecule has 1 aromatic rings. The highest BCUT2D eigenvalue weighted by Gasteiger charge is 2.39. The zero-order valence-corrected chi connectivity index (χ0v) is 13.9. The lowest BCUT2D eigenvalue weighted by Crippen LogP contribution is -2.38. The molecule has 2 N–H and O–H groups in total. The van der Waals surface area contributed by atoms with Gasteiger partial charge in [-0.1, -0.05) is 22.4 Å². The minimum Gasteiger partial charge on any atom is -0.488 e. The topological polar surface area (TPSA) is 38.5 Å². The zero-order chi connectivity index (χ0) is 14.4. The van der Waals surface area contributed by atoms with Crippen molar-refractivity contribution in [2.75, 3.05) is 19.6 Å². The summed E-state index contributed by atoms with van der Waals surface area (Å²) < 4.78 is 7.25. The summed E-state index contributed by atoms with van der Waals surface area (Å²) in [4.78, 5) is 2.59. The van der Waals surface area contributed by atoms with Gasteiger partial charge in [-0.05, 0) is 48.4 Å². The first kappa shape index (κ1) is 14.0. The Kier molecular flexibility index (Phi) is 3.72. The summed E-state index contributed by atoms with van der Waals surface area (Å²) in [6.07, 6.45) is 5.25. The molecule has 3 nitrogen and oxygen atoms in total. The van der Waals surface area contributed by atoms with Gasteiger partial charge in [-0.2, -0.15) is 0 Å². The van der Waals surface area contributed by atoms with E-state index in [1.165, 1.54) is 37.9 Å². The van der Waals surface area contributed by atoms with Crippen molar-refractivity contribution in [2.45, 2.75) is 37.8 Å². The van der Waals surface area contributed by atoms with Crippen LogP contribution in [0.25, 0.3) is 0 Å². The molecule has 1 aromatic carbocycles. The van der Waals surface area contributed by atoms with Gasteiger partial charge in [0.1, 0.15) is 11.9 Å². The lowest BCUT2D eigenvalue weighted by atomic mass is 9.78. The first-order chi connectivity index (χ1) is 10.2. The molecular weight excluding hydrogens is 328 g/mol. The number of nitrogens with two attached hydrogens (primary N) is 1. The van der Waals surface area contributed by atoms with Crippen LogP contribution in [0.15, 0.2) is 22.7 Å². The molecule has 3 aliphatic rings. The van der Waals surface area contributed by atoms with Crippen molar-refractivity contribution < 1.29 is 4.74 Å². The van der Waals surface area contributed by atoms with Gasteiger partial charge in [-0.3, -0.25) is 4.90 Å². The van der Waals surface area contributed by atoms with Gasteiger partial charge in [0.25, 0.3) is 0 Å². The van der Waals surface area contributed by atoms with Gasteiger partial charge >= 0.3 is 0 Å². The molecule has 0 bridgehead atoms. The van der Waals surface area contributed by atoms with E-state index in [1.807, 2.05) is 0 Å². The summed E-state index contributed by atoms with van der Waals surface area (Å²) >= 11 is 3.54. The van der Waals surface area contributed by atoms with Gasteiger partial charge in [0.15, 0.2) is 0 Å². The van der Waals surface area contributed by atoms with E-state index in [4.69, 9.17) is 10.5 Å². The molecule has 1 saturated carbocycles. The van der Waals surface area contributed by atoms with Crippen molar-refractivity contribution in [1.82, 2.24) is 4.90 Å². The van der Waals surface area contributed by atoms with Crippen LogP contribution in [-0.2, 0) is 6.42 Å². The quantitative estimate of drug-likeness (QED) is 0.891. The van der Waals surface area contributed by atoms with E-state index >= 15 is 0 Å². The molecule has 21 heavy (non-hydrogen) atoms. The number of hydrogen-bond donors (Lipinski definition) is 1. The van der Waals surface area contributed by atoms with Gasteiger partial charge in [0.2, 0.25) is 0 Å². The van der Waals surface area contributed by atoms with Crippen LogP contribution in [0.1, 0.15) is 24.8 Å². The molecule has 2 aliphatic heterocycles. The lowest BCUT2D eigenvalue weighted by molar-refractivity contribution is 0.163. The lowest BCUT2D eigenvalue weighted by Gasteiger charge is -2.29. The molecule has 4 unspecified atom stereocenters. The van der Waals surface area contributed by atoms with Crippen molar-refractivity contribution in [3.63, 3.8) is 0 Å². The highest BCUT2D eigenvalue weighted by Crippen LogP contribution is 2.37. The monoisotopic (exact) mass is 350 g/mol. The highest BCUT2D eigenvalue weighted by molar-refractivity contribution is 9.10. The number of hydrogen-bond acceptors (Lipinski definition) is 3. The fraction of sp³-hybridized carbons (Fsp3) is 0.647. The van der Waals surface area contributed by atoms with E-state index in [9.17, 15) is 0 Å². The van der Waals surface area contributed by atoms with E-state index in [0.29, 0.717) is 12.1 Å². The Morgan fingerprint density at radius 3 is 3.05 bits per heavy atom. The third kappa shape index (κ3) is 2.73. The molecular formula is C17H23BrN2O. The Morgan fingerprint density at radius 1 is 1.29 bits per heavy atom. The van der Waals surface area contributed by atoms with Crippen LogP contribution in [0.4, 0.5) is 0 Å². The molecule has 1 aliphatic carbocycles.